The van der Waals surface area contributed by atoms with Crippen molar-refractivity contribution in [1.82, 2.24) is 10.3 Å². The third kappa shape index (κ3) is 4.07. The molecule has 2 N–H and O–H groups in total. The topological polar surface area (TPSA) is 62.2 Å². The number of pyridine rings is 1. The van der Waals surface area contributed by atoms with Crippen molar-refractivity contribution in [2.45, 2.75) is 32.1 Å². The molecular weight excluding hydrogens is 252 g/mol. The molecule has 1 aliphatic rings. The van der Waals surface area contributed by atoms with E-state index in [0.29, 0.717) is 23.7 Å². The van der Waals surface area contributed by atoms with Crippen LogP contribution in [0.25, 0.3) is 0 Å². The van der Waals surface area contributed by atoms with Crippen molar-refractivity contribution in [3.05, 3.63) is 29.6 Å². The van der Waals surface area contributed by atoms with Gasteiger partial charge in [-0.2, -0.15) is 0 Å². The van der Waals surface area contributed by atoms with Gasteiger partial charge in [-0.1, -0.05) is 31.1 Å². The fourth-order valence-electron chi connectivity index (χ4n) is 2.53. The molecule has 0 radical (unpaired) electrons. The van der Waals surface area contributed by atoms with Crippen LogP contribution in [0.5, 0.6) is 0 Å². The lowest BCUT2D eigenvalue weighted by atomic mass is 9.89. The zero-order chi connectivity index (χ0) is 14.2. The fraction of sp³-hybridized carbons (Fsp3) is 0.500. The lowest BCUT2D eigenvalue weighted by Gasteiger charge is -2.21. The summed E-state index contributed by atoms with van der Waals surface area (Å²) in [5.74, 6) is 5.71. The summed E-state index contributed by atoms with van der Waals surface area (Å²) in [6, 6.07) is 3.48. The van der Waals surface area contributed by atoms with Crippen molar-refractivity contribution in [2.24, 2.45) is 5.92 Å². The van der Waals surface area contributed by atoms with Crippen LogP contribution in [0.15, 0.2) is 18.3 Å². The Balaban J connectivity index is 1.97. The van der Waals surface area contributed by atoms with Crippen LogP contribution in [0, 0.1) is 17.8 Å². The maximum Gasteiger partial charge on any atom is 0.271 e. The summed E-state index contributed by atoms with van der Waals surface area (Å²) in [6.45, 7) is 0.486. The average Bonchev–Trinajstić information content (AvgIpc) is 2.52. The molecule has 0 aromatic carbocycles. The van der Waals surface area contributed by atoms with Gasteiger partial charge in [-0.15, -0.1) is 0 Å². The second-order valence-electron chi connectivity index (χ2n) is 5.07. The number of amides is 1. The van der Waals surface area contributed by atoms with E-state index in [1.54, 1.807) is 18.3 Å². The Labute approximate surface area is 119 Å². The van der Waals surface area contributed by atoms with E-state index in [0.717, 1.165) is 0 Å². The van der Waals surface area contributed by atoms with Crippen molar-refractivity contribution in [3.63, 3.8) is 0 Å². The van der Waals surface area contributed by atoms with Gasteiger partial charge >= 0.3 is 0 Å². The number of aliphatic hydroxyl groups is 1. The van der Waals surface area contributed by atoms with Gasteiger partial charge in [-0.3, -0.25) is 4.79 Å². The smallest absolute Gasteiger partial charge is 0.271 e. The molecule has 1 fully saturated rings. The highest BCUT2D eigenvalue weighted by molar-refractivity contribution is 5.94. The van der Waals surface area contributed by atoms with E-state index in [1.165, 1.54) is 32.1 Å². The zero-order valence-corrected chi connectivity index (χ0v) is 11.6. The van der Waals surface area contributed by atoms with Crippen LogP contribution in [0.1, 0.15) is 48.2 Å². The van der Waals surface area contributed by atoms with Gasteiger partial charge in [0.2, 0.25) is 0 Å². The van der Waals surface area contributed by atoms with Gasteiger partial charge in [0.15, 0.2) is 0 Å². The highest BCUT2D eigenvalue weighted by atomic mass is 16.2. The molecule has 20 heavy (non-hydrogen) atoms. The third-order valence-corrected chi connectivity index (χ3v) is 3.60. The number of carbonyl (C=O) groups excluding carboxylic acids is 1. The molecule has 0 saturated heterocycles. The molecule has 1 amide bonds. The summed E-state index contributed by atoms with van der Waals surface area (Å²) in [6.07, 6.45) is 7.80. The Kier molecular flexibility index (Phi) is 5.57. The molecule has 1 aromatic heterocycles. The highest BCUT2D eigenvalue weighted by Crippen LogP contribution is 2.22. The standard InChI is InChI=1S/C16H20N2O2/c19-11-5-9-14-8-4-10-17-15(14)16(20)18-12-13-6-2-1-3-7-13/h4,8,10,13,19H,1-3,6-7,11-12H2,(H,18,20). The van der Waals surface area contributed by atoms with Crippen LogP contribution >= 0.6 is 0 Å². The van der Waals surface area contributed by atoms with Gasteiger partial charge in [0.05, 0.1) is 5.56 Å². The van der Waals surface area contributed by atoms with Crippen molar-refractivity contribution in [1.29, 1.82) is 0 Å². The van der Waals surface area contributed by atoms with E-state index in [4.69, 9.17) is 5.11 Å². The SMILES string of the molecule is O=C(NCC1CCCCC1)c1ncccc1C#CCO. The Hall–Kier alpha value is -1.86. The van der Waals surface area contributed by atoms with Gasteiger partial charge in [0.25, 0.3) is 5.91 Å². The van der Waals surface area contributed by atoms with Crippen LogP contribution in [-0.4, -0.2) is 29.1 Å². The van der Waals surface area contributed by atoms with Crippen molar-refractivity contribution in [2.75, 3.05) is 13.2 Å². The normalized spacial score (nSPS) is 15.2. The largest absolute Gasteiger partial charge is 0.384 e. The van der Waals surface area contributed by atoms with Crippen molar-refractivity contribution >= 4 is 5.91 Å². The quantitative estimate of drug-likeness (QED) is 0.824. The molecule has 2 rings (SSSR count). The van der Waals surface area contributed by atoms with E-state index < -0.39 is 0 Å². The number of rotatable bonds is 3. The van der Waals surface area contributed by atoms with Crippen LogP contribution in [-0.2, 0) is 0 Å². The van der Waals surface area contributed by atoms with Crippen LogP contribution in [0.4, 0.5) is 0 Å². The molecule has 1 heterocycles. The molecule has 0 spiro atoms. The monoisotopic (exact) mass is 272 g/mol. The molecule has 1 saturated carbocycles. The van der Waals surface area contributed by atoms with E-state index in [1.807, 2.05) is 0 Å². The van der Waals surface area contributed by atoms with Gasteiger partial charge in [0.1, 0.15) is 12.3 Å². The van der Waals surface area contributed by atoms with Gasteiger partial charge in [-0.05, 0) is 30.9 Å². The number of aromatic nitrogens is 1. The predicted octanol–water partition coefficient (Wildman–Crippen LogP) is 1.74. The molecular formula is C16H20N2O2. The van der Waals surface area contributed by atoms with Crippen LogP contribution in [0.2, 0.25) is 0 Å². The predicted molar refractivity (Wildman–Crippen MR) is 77.1 cm³/mol. The second-order valence-corrected chi connectivity index (χ2v) is 5.07. The molecule has 0 atom stereocenters. The maximum atomic E-state index is 12.2. The van der Waals surface area contributed by atoms with Crippen LogP contribution < -0.4 is 5.32 Å². The molecule has 106 valence electrons. The summed E-state index contributed by atoms with van der Waals surface area (Å²) >= 11 is 0. The summed E-state index contributed by atoms with van der Waals surface area (Å²) in [7, 11) is 0. The van der Waals surface area contributed by atoms with Gasteiger partial charge in [-0.25, -0.2) is 4.98 Å². The first-order chi connectivity index (χ1) is 9.81. The minimum atomic E-state index is -0.224. The zero-order valence-electron chi connectivity index (χ0n) is 11.6. The Morgan fingerprint density at radius 3 is 2.95 bits per heavy atom. The Morgan fingerprint density at radius 2 is 2.20 bits per heavy atom. The van der Waals surface area contributed by atoms with Crippen molar-refractivity contribution < 1.29 is 9.90 Å². The summed E-state index contributed by atoms with van der Waals surface area (Å²) in [5, 5.41) is 11.7. The molecule has 0 aliphatic heterocycles. The minimum Gasteiger partial charge on any atom is -0.384 e. The molecule has 4 heteroatoms. The molecule has 4 nitrogen and oxygen atoms in total. The van der Waals surface area contributed by atoms with E-state index in [-0.39, 0.29) is 12.5 Å². The summed E-state index contributed by atoms with van der Waals surface area (Å²) < 4.78 is 0. The number of carbonyl (C=O) groups is 1. The van der Waals surface area contributed by atoms with E-state index in [2.05, 4.69) is 22.1 Å². The average molecular weight is 272 g/mol. The first-order valence-corrected chi connectivity index (χ1v) is 7.14. The summed E-state index contributed by atoms with van der Waals surface area (Å²) in [5.41, 5.74) is 0.895. The number of nitrogens with zero attached hydrogens (tertiary/aromatic N) is 1. The molecule has 1 aromatic rings. The van der Waals surface area contributed by atoms with E-state index >= 15 is 0 Å². The Bertz CT molecular complexity index is 511. The lowest BCUT2D eigenvalue weighted by molar-refractivity contribution is 0.0938. The fourth-order valence-corrected chi connectivity index (χ4v) is 2.53. The minimum absolute atomic E-state index is 0.182. The number of nitrogens with one attached hydrogen (secondary N) is 1. The number of aliphatic hydroxyl groups excluding tert-OH is 1. The van der Waals surface area contributed by atoms with Crippen molar-refractivity contribution in [3.8, 4) is 11.8 Å². The Morgan fingerprint density at radius 1 is 1.40 bits per heavy atom. The second kappa shape index (κ2) is 7.66. The first-order valence-electron chi connectivity index (χ1n) is 7.14. The first kappa shape index (κ1) is 14.5. The number of hydrogen-bond acceptors (Lipinski definition) is 3. The molecule has 1 aliphatic carbocycles. The molecule has 0 bridgehead atoms. The maximum absolute atomic E-state index is 12.2. The highest BCUT2D eigenvalue weighted by Gasteiger charge is 2.16. The third-order valence-electron chi connectivity index (χ3n) is 3.60. The molecule has 0 unspecified atom stereocenters. The van der Waals surface area contributed by atoms with E-state index in [9.17, 15) is 4.79 Å². The lowest BCUT2D eigenvalue weighted by Crippen LogP contribution is -2.31. The van der Waals surface area contributed by atoms with Crippen LogP contribution in [0.3, 0.4) is 0 Å². The van der Waals surface area contributed by atoms with Gasteiger partial charge < -0.3 is 10.4 Å². The number of hydrogen-bond donors (Lipinski definition) is 2. The van der Waals surface area contributed by atoms with Gasteiger partial charge in [0, 0.05) is 12.7 Å². The summed E-state index contributed by atoms with van der Waals surface area (Å²) in [4.78, 5) is 16.3.